The van der Waals surface area contributed by atoms with Crippen LogP contribution in [-0.2, 0) is 14.6 Å². The largest absolute Gasteiger partial charge is 0.393 e. The number of hydrogen-bond donors (Lipinski definition) is 1. The molecule has 0 saturated heterocycles. The Morgan fingerprint density at radius 2 is 1.81 bits per heavy atom. The average Bonchev–Trinajstić information content (AvgIpc) is 2.20. The highest BCUT2D eigenvalue weighted by Crippen LogP contribution is 2.20. The number of aliphatic hydroxyl groups is 1. The number of hydrogen-bond acceptors (Lipinski definition) is 4. The summed E-state index contributed by atoms with van der Waals surface area (Å²) in [6.45, 7) is 2.16. The van der Waals surface area contributed by atoms with Crippen molar-refractivity contribution in [1.29, 1.82) is 0 Å². The summed E-state index contributed by atoms with van der Waals surface area (Å²) < 4.78 is 28.3. The van der Waals surface area contributed by atoms with Gasteiger partial charge in [0.15, 0.2) is 9.84 Å². The molecule has 1 saturated carbocycles. The minimum atomic E-state index is -2.92. The maximum absolute atomic E-state index is 11.4. The zero-order valence-corrected chi connectivity index (χ0v) is 10.7. The molecular weight excluding hydrogens is 228 g/mol. The topological polar surface area (TPSA) is 63.6 Å². The van der Waals surface area contributed by atoms with Crippen molar-refractivity contribution in [2.24, 2.45) is 0 Å². The van der Waals surface area contributed by atoms with E-state index in [1.165, 1.54) is 0 Å². The molecule has 0 aromatic carbocycles. The molecule has 0 heterocycles. The fraction of sp³-hybridized carbons (Fsp3) is 1.00. The molecule has 0 unspecified atom stereocenters. The van der Waals surface area contributed by atoms with Gasteiger partial charge in [0.25, 0.3) is 0 Å². The standard InChI is InChI=1S/C11H22O4S/c1-2-8-16(13,14)9-7-15-11-5-3-10(12)4-6-11/h10-12H,2-9H2,1H3. The first-order chi connectivity index (χ1) is 7.53. The molecule has 0 aliphatic heterocycles. The Labute approximate surface area is 97.9 Å². The first-order valence-electron chi connectivity index (χ1n) is 6.03. The number of ether oxygens (including phenoxy) is 1. The highest BCUT2D eigenvalue weighted by Gasteiger charge is 2.20. The van der Waals surface area contributed by atoms with E-state index in [1.807, 2.05) is 6.92 Å². The molecule has 1 aliphatic carbocycles. The third-order valence-corrected chi connectivity index (χ3v) is 4.73. The summed E-state index contributed by atoms with van der Waals surface area (Å²) in [5.41, 5.74) is 0. The first-order valence-corrected chi connectivity index (χ1v) is 7.85. The SMILES string of the molecule is CCCS(=O)(=O)CCOC1CCC(O)CC1. The van der Waals surface area contributed by atoms with E-state index in [1.54, 1.807) is 0 Å². The highest BCUT2D eigenvalue weighted by atomic mass is 32.2. The second-order valence-corrected chi connectivity index (χ2v) is 6.76. The molecule has 1 rings (SSSR count). The Kier molecular flexibility index (Phi) is 5.72. The second-order valence-electron chi connectivity index (χ2n) is 4.45. The van der Waals surface area contributed by atoms with Crippen molar-refractivity contribution in [1.82, 2.24) is 0 Å². The molecule has 1 aliphatic rings. The van der Waals surface area contributed by atoms with Crippen LogP contribution in [0.4, 0.5) is 0 Å². The molecule has 1 fully saturated rings. The van der Waals surface area contributed by atoms with E-state index < -0.39 is 9.84 Å². The summed E-state index contributed by atoms with van der Waals surface area (Å²) in [5, 5.41) is 9.30. The van der Waals surface area contributed by atoms with Gasteiger partial charge in [-0.15, -0.1) is 0 Å². The Bertz CT molecular complexity index is 278. The zero-order valence-electron chi connectivity index (χ0n) is 9.89. The minimum absolute atomic E-state index is 0.125. The van der Waals surface area contributed by atoms with Gasteiger partial charge < -0.3 is 9.84 Å². The first kappa shape index (κ1) is 13.9. The fourth-order valence-electron chi connectivity index (χ4n) is 1.97. The van der Waals surface area contributed by atoms with Gasteiger partial charge in [-0.1, -0.05) is 6.92 Å². The van der Waals surface area contributed by atoms with Crippen LogP contribution >= 0.6 is 0 Å². The average molecular weight is 250 g/mol. The Morgan fingerprint density at radius 3 is 2.38 bits per heavy atom. The van der Waals surface area contributed by atoms with Crippen LogP contribution in [0.1, 0.15) is 39.0 Å². The summed E-state index contributed by atoms with van der Waals surface area (Å²) in [6, 6.07) is 0. The molecule has 0 aromatic rings. The molecule has 0 radical (unpaired) electrons. The fourth-order valence-corrected chi connectivity index (χ4v) is 3.14. The number of aliphatic hydroxyl groups excluding tert-OH is 1. The van der Waals surface area contributed by atoms with Crippen molar-refractivity contribution >= 4 is 9.84 Å². The van der Waals surface area contributed by atoms with E-state index in [4.69, 9.17) is 4.74 Å². The predicted octanol–water partition coefficient (Wildman–Crippen LogP) is 1.13. The van der Waals surface area contributed by atoms with Crippen LogP contribution < -0.4 is 0 Å². The lowest BCUT2D eigenvalue weighted by molar-refractivity contribution is 0.00332. The van der Waals surface area contributed by atoms with E-state index in [2.05, 4.69) is 0 Å². The van der Waals surface area contributed by atoms with E-state index >= 15 is 0 Å². The molecule has 0 amide bonds. The van der Waals surface area contributed by atoms with Crippen molar-refractivity contribution in [2.75, 3.05) is 18.1 Å². The monoisotopic (exact) mass is 250 g/mol. The van der Waals surface area contributed by atoms with E-state index in [0.717, 1.165) is 25.7 Å². The number of rotatable bonds is 6. The van der Waals surface area contributed by atoms with Gasteiger partial charge in [0.1, 0.15) is 0 Å². The van der Waals surface area contributed by atoms with E-state index in [9.17, 15) is 13.5 Å². The second kappa shape index (κ2) is 6.57. The number of sulfone groups is 1. The summed E-state index contributed by atoms with van der Waals surface area (Å²) in [4.78, 5) is 0. The van der Waals surface area contributed by atoms with Crippen molar-refractivity contribution in [3.63, 3.8) is 0 Å². The van der Waals surface area contributed by atoms with E-state index in [-0.39, 0.29) is 23.7 Å². The van der Waals surface area contributed by atoms with Gasteiger partial charge in [-0.25, -0.2) is 8.42 Å². The Morgan fingerprint density at radius 1 is 1.19 bits per heavy atom. The van der Waals surface area contributed by atoms with Crippen molar-refractivity contribution in [2.45, 2.75) is 51.2 Å². The van der Waals surface area contributed by atoms with Crippen LogP contribution in [0.3, 0.4) is 0 Å². The van der Waals surface area contributed by atoms with E-state index in [0.29, 0.717) is 13.0 Å². The van der Waals surface area contributed by atoms with Crippen LogP contribution in [0.2, 0.25) is 0 Å². The zero-order chi connectivity index (χ0) is 12.0. The molecule has 0 bridgehead atoms. The van der Waals surface area contributed by atoms with Gasteiger partial charge in [-0.05, 0) is 32.1 Å². The Hall–Kier alpha value is -0.130. The summed E-state index contributed by atoms with van der Waals surface area (Å²) in [7, 11) is -2.92. The molecule has 0 spiro atoms. The molecule has 1 N–H and O–H groups in total. The van der Waals surface area contributed by atoms with Gasteiger partial charge in [0.05, 0.1) is 24.6 Å². The quantitative estimate of drug-likeness (QED) is 0.767. The van der Waals surface area contributed by atoms with Crippen LogP contribution in [-0.4, -0.2) is 43.8 Å². The molecule has 4 nitrogen and oxygen atoms in total. The Balaban J connectivity index is 2.16. The van der Waals surface area contributed by atoms with Gasteiger partial charge >= 0.3 is 0 Å². The maximum Gasteiger partial charge on any atom is 0.152 e. The van der Waals surface area contributed by atoms with Crippen molar-refractivity contribution in [3.8, 4) is 0 Å². The third kappa shape index (κ3) is 5.27. The van der Waals surface area contributed by atoms with Gasteiger partial charge in [-0.3, -0.25) is 0 Å². The third-order valence-electron chi connectivity index (χ3n) is 2.91. The highest BCUT2D eigenvalue weighted by molar-refractivity contribution is 7.91. The summed E-state index contributed by atoms with van der Waals surface area (Å²) in [5.74, 6) is 0.375. The lowest BCUT2D eigenvalue weighted by Gasteiger charge is -2.25. The molecule has 96 valence electrons. The molecule has 16 heavy (non-hydrogen) atoms. The van der Waals surface area contributed by atoms with Crippen LogP contribution in [0.15, 0.2) is 0 Å². The summed E-state index contributed by atoms with van der Waals surface area (Å²) >= 11 is 0. The maximum atomic E-state index is 11.4. The van der Waals surface area contributed by atoms with Crippen LogP contribution in [0.25, 0.3) is 0 Å². The minimum Gasteiger partial charge on any atom is -0.393 e. The molecule has 5 heteroatoms. The molecular formula is C11H22O4S. The van der Waals surface area contributed by atoms with Gasteiger partial charge in [-0.2, -0.15) is 0 Å². The lowest BCUT2D eigenvalue weighted by atomic mass is 9.95. The van der Waals surface area contributed by atoms with Crippen molar-refractivity contribution in [3.05, 3.63) is 0 Å². The van der Waals surface area contributed by atoms with Gasteiger partial charge in [0.2, 0.25) is 0 Å². The van der Waals surface area contributed by atoms with Crippen molar-refractivity contribution < 1.29 is 18.3 Å². The molecule has 0 atom stereocenters. The molecule has 0 aromatic heterocycles. The lowest BCUT2D eigenvalue weighted by Crippen LogP contribution is -2.26. The predicted molar refractivity (Wildman–Crippen MR) is 63.2 cm³/mol. The van der Waals surface area contributed by atoms with Crippen LogP contribution in [0, 0.1) is 0 Å². The van der Waals surface area contributed by atoms with Crippen LogP contribution in [0.5, 0.6) is 0 Å². The smallest absolute Gasteiger partial charge is 0.152 e. The normalized spacial score (nSPS) is 26.9. The van der Waals surface area contributed by atoms with Gasteiger partial charge in [0, 0.05) is 5.75 Å². The summed E-state index contributed by atoms with van der Waals surface area (Å²) in [6.07, 6.45) is 3.84.